The molecule has 0 aliphatic rings. The van der Waals surface area contributed by atoms with Gasteiger partial charge in [-0.3, -0.25) is 4.79 Å². The van der Waals surface area contributed by atoms with Crippen LogP contribution in [0.5, 0.6) is 0 Å². The lowest BCUT2D eigenvalue weighted by Gasteiger charge is -2.11. The zero-order valence-corrected chi connectivity index (χ0v) is 15.7. The maximum Gasteiger partial charge on any atom is 0.340 e. The molecule has 1 aromatic carbocycles. The Morgan fingerprint density at radius 1 is 1.19 bits per heavy atom. The number of amides is 1. The molecular weight excluding hydrogens is 348 g/mol. The second kappa shape index (κ2) is 10.2. The summed E-state index contributed by atoms with van der Waals surface area (Å²) in [7, 11) is 1.64. The summed E-state index contributed by atoms with van der Waals surface area (Å²) < 4.78 is 10.0. The molecular formula is C19H24N4O4. The lowest BCUT2D eigenvalue weighted by molar-refractivity contribution is 0.0527. The van der Waals surface area contributed by atoms with Crippen molar-refractivity contribution in [3.05, 3.63) is 47.3 Å². The number of nitrogens with one attached hydrogen (secondary N) is 2. The number of para-hydroxylation sites is 1. The van der Waals surface area contributed by atoms with Crippen LogP contribution in [0.1, 0.15) is 39.9 Å². The van der Waals surface area contributed by atoms with Gasteiger partial charge in [0.05, 0.1) is 17.9 Å². The largest absolute Gasteiger partial charge is 0.462 e. The molecule has 0 unspecified atom stereocenters. The van der Waals surface area contributed by atoms with E-state index in [1.165, 1.54) is 0 Å². The minimum atomic E-state index is -0.493. The van der Waals surface area contributed by atoms with E-state index in [1.807, 2.05) is 0 Å². The van der Waals surface area contributed by atoms with Crippen molar-refractivity contribution in [2.75, 3.05) is 37.5 Å². The summed E-state index contributed by atoms with van der Waals surface area (Å²) in [6.45, 7) is 5.01. The Morgan fingerprint density at radius 3 is 2.70 bits per heavy atom. The Morgan fingerprint density at radius 2 is 1.96 bits per heavy atom. The smallest absolute Gasteiger partial charge is 0.340 e. The number of methoxy groups -OCH3 is 1. The van der Waals surface area contributed by atoms with Gasteiger partial charge in [0.15, 0.2) is 0 Å². The van der Waals surface area contributed by atoms with Gasteiger partial charge in [-0.2, -0.15) is 0 Å². The summed E-state index contributed by atoms with van der Waals surface area (Å²) in [6.07, 6.45) is 0.794. The molecule has 0 saturated heterocycles. The van der Waals surface area contributed by atoms with E-state index in [2.05, 4.69) is 20.6 Å². The molecule has 2 aromatic rings. The number of ether oxygens (including phenoxy) is 2. The Kier molecular flexibility index (Phi) is 7.69. The highest BCUT2D eigenvalue weighted by molar-refractivity contribution is 6.07. The summed E-state index contributed by atoms with van der Waals surface area (Å²) in [4.78, 5) is 33.2. The van der Waals surface area contributed by atoms with Crippen molar-refractivity contribution in [3.8, 4) is 0 Å². The van der Waals surface area contributed by atoms with E-state index < -0.39 is 11.9 Å². The van der Waals surface area contributed by atoms with E-state index in [1.54, 1.807) is 51.3 Å². The third kappa shape index (κ3) is 6.03. The molecule has 2 rings (SSSR count). The average molecular weight is 372 g/mol. The van der Waals surface area contributed by atoms with E-state index in [0.717, 1.165) is 6.42 Å². The van der Waals surface area contributed by atoms with Gasteiger partial charge in [0.2, 0.25) is 5.95 Å². The molecule has 0 aliphatic heterocycles. The van der Waals surface area contributed by atoms with Crippen LogP contribution in [0.25, 0.3) is 0 Å². The van der Waals surface area contributed by atoms with Crippen LogP contribution in [0.2, 0.25) is 0 Å². The van der Waals surface area contributed by atoms with Crippen LogP contribution >= 0.6 is 0 Å². The van der Waals surface area contributed by atoms with E-state index in [4.69, 9.17) is 9.47 Å². The molecule has 0 spiro atoms. The molecule has 8 nitrogen and oxygen atoms in total. The van der Waals surface area contributed by atoms with E-state index in [0.29, 0.717) is 30.5 Å². The molecule has 1 heterocycles. The average Bonchev–Trinajstić information content (AvgIpc) is 2.65. The molecule has 0 radical (unpaired) electrons. The molecule has 8 heteroatoms. The first kappa shape index (κ1) is 20.3. The molecule has 144 valence electrons. The quantitative estimate of drug-likeness (QED) is 0.515. The molecule has 0 saturated carbocycles. The third-order valence-corrected chi connectivity index (χ3v) is 3.57. The van der Waals surface area contributed by atoms with Gasteiger partial charge < -0.3 is 20.1 Å². The van der Waals surface area contributed by atoms with Crippen LogP contribution in [0, 0.1) is 6.92 Å². The van der Waals surface area contributed by atoms with Crippen LogP contribution in [0.4, 0.5) is 11.6 Å². The van der Waals surface area contributed by atoms with Crippen LogP contribution < -0.4 is 10.6 Å². The van der Waals surface area contributed by atoms with Crippen LogP contribution in [-0.2, 0) is 9.47 Å². The highest BCUT2D eigenvalue weighted by Crippen LogP contribution is 2.17. The predicted molar refractivity (Wildman–Crippen MR) is 102 cm³/mol. The maximum absolute atomic E-state index is 12.6. The molecule has 1 aromatic heterocycles. The lowest BCUT2D eigenvalue weighted by atomic mass is 10.1. The van der Waals surface area contributed by atoms with Gasteiger partial charge in [-0.05, 0) is 38.5 Å². The normalized spacial score (nSPS) is 10.3. The fourth-order valence-corrected chi connectivity index (χ4v) is 2.35. The number of aromatic nitrogens is 2. The van der Waals surface area contributed by atoms with Crippen molar-refractivity contribution in [2.45, 2.75) is 20.3 Å². The van der Waals surface area contributed by atoms with E-state index in [9.17, 15) is 9.59 Å². The number of benzene rings is 1. The highest BCUT2D eigenvalue weighted by atomic mass is 16.5. The zero-order chi connectivity index (χ0) is 19.6. The summed E-state index contributed by atoms with van der Waals surface area (Å²) in [5.74, 6) is -0.556. The topological polar surface area (TPSA) is 102 Å². The number of aryl methyl sites for hydroxylation is 1. The van der Waals surface area contributed by atoms with Gasteiger partial charge in [-0.15, -0.1) is 0 Å². The second-order valence-electron chi connectivity index (χ2n) is 5.71. The molecule has 0 atom stereocenters. The summed E-state index contributed by atoms with van der Waals surface area (Å²) in [6, 6.07) is 8.26. The molecule has 1 amide bonds. The van der Waals surface area contributed by atoms with Gasteiger partial charge in [0.1, 0.15) is 5.69 Å². The first-order valence-electron chi connectivity index (χ1n) is 8.71. The van der Waals surface area contributed by atoms with Crippen molar-refractivity contribution in [2.24, 2.45) is 0 Å². The minimum Gasteiger partial charge on any atom is -0.462 e. The van der Waals surface area contributed by atoms with Gasteiger partial charge >= 0.3 is 5.97 Å². The number of carbonyl (C=O) groups excluding carboxylic acids is 2. The molecule has 0 aliphatic carbocycles. The fourth-order valence-electron chi connectivity index (χ4n) is 2.35. The van der Waals surface area contributed by atoms with E-state index in [-0.39, 0.29) is 17.9 Å². The molecule has 0 bridgehead atoms. The fraction of sp³-hybridized carbons (Fsp3) is 0.368. The summed E-state index contributed by atoms with van der Waals surface area (Å²) >= 11 is 0. The van der Waals surface area contributed by atoms with Gasteiger partial charge in [-0.1, -0.05) is 12.1 Å². The Balaban J connectivity index is 2.14. The SMILES string of the molecule is CCOC(=O)c1ccccc1NC(=O)c1cc(C)nc(NCCCOC)n1. The Labute approximate surface area is 158 Å². The lowest BCUT2D eigenvalue weighted by Crippen LogP contribution is -2.18. The number of rotatable bonds is 9. The standard InChI is InChI=1S/C19H24N4O4/c1-4-27-18(25)14-8-5-6-9-15(14)22-17(24)16-12-13(2)21-19(23-16)20-10-7-11-26-3/h5-6,8-9,12H,4,7,10-11H2,1-3H3,(H,22,24)(H,20,21,23). The number of carbonyl (C=O) groups is 2. The maximum atomic E-state index is 12.6. The molecule has 0 fully saturated rings. The van der Waals surface area contributed by atoms with Crippen molar-refractivity contribution in [1.29, 1.82) is 0 Å². The highest BCUT2D eigenvalue weighted by Gasteiger charge is 2.16. The Hall–Kier alpha value is -3.00. The van der Waals surface area contributed by atoms with Gasteiger partial charge in [0.25, 0.3) is 5.91 Å². The van der Waals surface area contributed by atoms with Crippen molar-refractivity contribution < 1.29 is 19.1 Å². The minimum absolute atomic E-state index is 0.204. The van der Waals surface area contributed by atoms with Gasteiger partial charge in [0, 0.05) is 26.0 Å². The molecule has 2 N–H and O–H groups in total. The predicted octanol–water partition coefficient (Wildman–Crippen LogP) is 2.66. The monoisotopic (exact) mass is 372 g/mol. The number of esters is 1. The number of hydrogen-bond donors (Lipinski definition) is 2. The van der Waals surface area contributed by atoms with Crippen molar-refractivity contribution >= 4 is 23.5 Å². The van der Waals surface area contributed by atoms with Crippen molar-refractivity contribution in [1.82, 2.24) is 9.97 Å². The first-order valence-corrected chi connectivity index (χ1v) is 8.71. The summed E-state index contributed by atoms with van der Waals surface area (Å²) in [5, 5.41) is 5.79. The summed E-state index contributed by atoms with van der Waals surface area (Å²) in [5.41, 5.74) is 1.52. The van der Waals surface area contributed by atoms with Crippen LogP contribution in [0.15, 0.2) is 30.3 Å². The number of hydrogen-bond acceptors (Lipinski definition) is 7. The number of nitrogens with zero attached hydrogens (tertiary/aromatic N) is 2. The van der Waals surface area contributed by atoms with Crippen molar-refractivity contribution in [3.63, 3.8) is 0 Å². The number of anilines is 2. The van der Waals surface area contributed by atoms with Crippen LogP contribution in [-0.4, -0.2) is 48.7 Å². The van der Waals surface area contributed by atoms with E-state index >= 15 is 0 Å². The Bertz CT molecular complexity index is 795. The third-order valence-electron chi connectivity index (χ3n) is 3.57. The van der Waals surface area contributed by atoms with Crippen LogP contribution in [0.3, 0.4) is 0 Å². The van der Waals surface area contributed by atoms with Gasteiger partial charge in [-0.25, -0.2) is 14.8 Å². The second-order valence-corrected chi connectivity index (χ2v) is 5.71. The zero-order valence-electron chi connectivity index (χ0n) is 15.7. The molecule has 27 heavy (non-hydrogen) atoms. The first-order chi connectivity index (χ1) is 13.0.